The van der Waals surface area contributed by atoms with E-state index in [4.69, 9.17) is 0 Å². The highest BCUT2D eigenvalue weighted by atomic mass is 15.1. The Morgan fingerprint density at radius 3 is 2.56 bits per heavy atom. The minimum absolute atomic E-state index is 0.547. The van der Waals surface area contributed by atoms with Crippen molar-refractivity contribution >= 4 is 0 Å². The maximum Gasteiger partial charge on any atom is 0.00531 e. The number of rotatable bonds is 6. The van der Waals surface area contributed by atoms with E-state index in [-0.39, 0.29) is 0 Å². The Kier molecular flexibility index (Phi) is 3.91. The van der Waals surface area contributed by atoms with Crippen molar-refractivity contribution in [3.05, 3.63) is 0 Å². The second kappa shape index (κ2) is 5.05. The molecule has 16 heavy (non-hydrogen) atoms. The van der Waals surface area contributed by atoms with Gasteiger partial charge in [-0.1, -0.05) is 20.8 Å². The summed E-state index contributed by atoms with van der Waals surface area (Å²) in [5, 5.41) is 3.57. The zero-order valence-electron chi connectivity index (χ0n) is 11.3. The van der Waals surface area contributed by atoms with Crippen LogP contribution in [0, 0.1) is 17.3 Å². The lowest BCUT2D eigenvalue weighted by atomic mass is 9.76. The Morgan fingerprint density at radius 1 is 1.38 bits per heavy atom. The first-order valence-corrected chi connectivity index (χ1v) is 7.09. The van der Waals surface area contributed by atoms with Crippen LogP contribution in [0.25, 0.3) is 0 Å². The predicted octanol–water partition coefficient (Wildman–Crippen LogP) is 2.35. The molecule has 1 heterocycles. The molecule has 0 aromatic rings. The molecule has 0 aromatic carbocycles. The molecule has 2 nitrogen and oxygen atoms in total. The third kappa shape index (κ3) is 2.78. The Hall–Kier alpha value is -0.0800. The van der Waals surface area contributed by atoms with Crippen LogP contribution in [-0.2, 0) is 0 Å². The summed E-state index contributed by atoms with van der Waals surface area (Å²) in [4.78, 5) is 2.70. The molecule has 0 radical (unpaired) electrons. The van der Waals surface area contributed by atoms with Gasteiger partial charge in [-0.25, -0.2) is 0 Å². The molecule has 1 saturated heterocycles. The zero-order chi connectivity index (χ0) is 11.6. The lowest BCUT2D eigenvalue weighted by Gasteiger charge is -2.38. The molecule has 0 spiro atoms. The Balaban J connectivity index is 1.92. The Labute approximate surface area is 101 Å². The molecular weight excluding hydrogens is 196 g/mol. The van der Waals surface area contributed by atoms with Crippen LogP contribution in [0.4, 0.5) is 0 Å². The lowest BCUT2D eigenvalue weighted by Crippen LogP contribution is -2.43. The van der Waals surface area contributed by atoms with E-state index >= 15 is 0 Å². The maximum atomic E-state index is 3.57. The third-order valence-corrected chi connectivity index (χ3v) is 4.70. The number of hydrogen-bond acceptors (Lipinski definition) is 2. The van der Waals surface area contributed by atoms with Crippen molar-refractivity contribution in [2.45, 2.75) is 40.0 Å². The van der Waals surface area contributed by atoms with Crippen molar-refractivity contribution in [1.82, 2.24) is 10.2 Å². The summed E-state index contributed by atoms with van der Waals surface area (Å²) < 4.78 is 0. The fraction of sp³-hybridized carbons (Fsp3) is 1.00. The maximum absolute atomic E-state index is 3.57. The third-order valence-electron chi connectivity index (χ3n) is 4.70. The highest BCUT2D eigenvalue weighted by Crippen LogP contribution is 2.36. The fourth-order valence-corrected chi connectivity index (χ4v) is 2.99. The molecule has 1 atom stereocenters. The van der Waals surface area contributed by atoms with Crippen LogP contribution in [0.3, 0.4) is 0 Å². The molecule has 1 N–H and O–H groups in total. The summed E-state index contributed by atoms with van der Waals surface area (Å²) in [6, 6.07) is 0. The molecule has 1 aliphatic carbocycles. The number of hydrogen-bond donors (Lipinski definition) is 1. The average molecular weight is 224 g/mol. The standard InChI is InChI=1S/C14H28N2/c1-4-16(9-13-5-6-13)11-14(12(2)3)7-8-15-10-14/h12-13,15H,4-11H2,1-3H3. The Bertz CT molecular complexity index is 215. The van der Waals surface area contributed by atoms with Crippen molar-refractivity contribution in [2.24, 2.45) is 17.3 Å². The van der Waals surface area contributed by atoms with E-state index in [2.05, 4.69) is 31.0 Å². The SMILES string of the molecule is CCN(CC1CC1)CC1(C(C)C)CCNC1. The van der Waals surface area contributed by atoms with E-state index in [1.165, 1.54) is 52.0 Å². The molecule has 2 aliphatic rings. The molecule has 0 aromatic heterocycles. The number of nitrogens with zero attached hydrogens (tertiary/aromatic N) is 1. The van der Waals surface area contributed by atoms with Gasteiger partial charge in [0.25, 0.3) is 0 Å². The minimum atomic E-state index is 0.547. The molecule has 1 aliphatic heterocycles. The molecule has 2 heteroatoms. The summed E-state index contributed by atoms with van der Waals surface area (Å²) in [7, 11) is 0. The molecule has 94 valence electrons. The van der Waals surface area contributed by atoms with E-state index in [1.54, 1.807) is 0 Å². The monoisotopic (exact) mass is 224 g/mol. The highest BCUT2D eigenvalue weighted by Gasteiger charge is 2.38. The van der Waals surface area contributed by atoms with Gasteiger partial charge < -0.3 is 10.2 Å². The van der Waals surface area contributed by atoms with Crippen molar-refractivity contribution in [1.29, 1.82) is 0 Å². The molecule has 1 unspecified atom stereocenters. The van der Waals surface area contributed by atoms with Gasteiger partial charge in [-0.15, -0.1) is 0 Å². The molecular formula is C14H28N2. The van der Waals surface area contributed by atoms with Crippen LogP contribution in [0.1, 0.15) is 40.0 Å². The van der Waals surface area contributed by atoms with Gasteiger partial charge in [-0.2, -0.15) is 0 Å². The quantitative estimate of drug-likeness (QED) is 0.745. The van der Waals surface area contributed by atoms with E-state index in [9.17, 15) is 0 Å². The van der Waals surface area contributed by atoms with Crippen molar-refractivity contribution in [3.63, 3.8) is 0 Å². The van der Waals surface area contributed by atoms with E-state index in [1.807, 2.05) is 0 Å². The highest BCUT2D eigenvalue weighted by molar-refractivity contribution is 4.93. The molecule has 1 saturated carbocycles. The molecule has 2 fully saturated rings. The lowest BCUT2D eigenvalue weighted by molar-refractivity contribution is 0.118. The predicted molar refractivity (Wildman–Crippen MR) is 69.6 cm³/mol. The smallest absolute Gasteiger partial charge is 0.00531 e. The first-order valence-electron chi connectivity index (χ1n) is 7.09. The average Bonchev–Trinajstić information content (AvgIpc) is 2.93. The van der Waals surface area contributed by atoms with Crippen molar-refractivity contribution in [3.8, 4) is 0 Å². The summed E-state index contributed by atoms with van der Waals surface area (Å²) in [6.45, 7) is 13.5. The summed E-state index contributed by atoms with van der Waals surface area (Å²) in [5.41, 5.74) is 0.547. The van der Waals surface area contributed by atoms with Gasteiger partial charge in [0.05, 0.1) is 0 Å². The molecule has 0 bridgehead atoms. The normalized spacial score (nSPS) is 30.6. The topological polar surface area (TPSA) is 15.3 Å². The van der Waals surface area contributed by atoms with Crippen LogP contribution in [-0.4, -0.2) is 37.6 Å². The van der Waals surface area contributed by atoms with Crippen molar-refractivity contribution in [2.75, 3.05) is 32.7 Å². The van der Waals surface area contributed by atoms with Gasteiger partial charge in [-0.3, -0.25) is 0 Å². The van der Waals surface area contributed by atoms with E-state index < -0.39 is 0 Å². The largest absolute Gasteiger partial charge is 0.316 e. The van der Waals surface area contributed by atoms with Crippen LogP contribution in [0.5, 0.6) is 0 Å². The van der Waals surface area contributed by atoms with Gasteiger partial charge in [-0.05, 0) is 49.6 Å². The molecule has 0 amide bonds. The molecule has 2 rings (SSSR count). The van der Waals surface area contributed by atoms with Gasteiger partial charge in [0.15, 0.2) is 0 Å². The fourth-order valence-electron chi connectivity index (χ4n) is 2.99. The van der Waals surface area contributed by atoms with Crippen LogP contribution in [0.2, 0.25) is 0 Å². The van der Waals surface area contributed by atoms with Gasteiger partial charge >= 0.3 is 0 Å². The van der Waals surface area contributed by atoms with Crippen molar-refractivity contribution < 1.29 is 0 Å². The zero-order valence-corrected chi connectivity index (χ0v) is 11.3. The van der Waals surface area contributed by atoms with Crippen LogP contribution in [0.15, 0.2) is 0 Å². The first-order chi connectivity index (χ1) is 7.66. The Morgan fingerprint density at radius 2 is 2.12 bits per heavy atom. The second-order valence-electron chi connectivity index (χ2n) is 6.21. The summed E-state index contributed by atoms with van der Waals surface area (Å²) in [6.07, 6.45) is 4.32. The van der Waals surface area contributed by atoms with Crippen LogP contribution < -0.4 is 5.32 Å². The van der Waals surface area contributed by atoms with E-state index in [0.29, 0.717) is 5.41 Å². The minimum Gasteiger partial charge on any atom is -0.316 e. The first kappa shape index (κ1) is 12.4. The second-order valence-corrected chi connectivity index (χ2v) is 6.21. The van der Waals surface area contributed by atoms with E-state index in [0.717, 1.165) is 11.8 Å². The van der Waals surface area contributed by atoms with Crippen LogP contribution >= 0.6 is 0 Å². The summed E-state index contributed by atoms with van der Waals surface area (Å²) in [5.74, 6) is 1.83. The summed E-state index contributed by atoms with van der Waals surface area (Å²) >= 11 is 0. The van der Waals surface area contributed by atoms with Gasteiger partial charge in [0.2, 0.25) is 0 Å². The van der Waals surface area contributed by atoms with Gasteiger partial charge in [0.1, 0.15) is 0 Å². The number of nitrogens with one attached hydrogen (secondary N) is 1. The van der Waals surface area contributed by atoms with Gasteiger partial charge in [0, 0.05) is 19.6 Å².